The predicted octanol–water partition coefficient (Wildman–Crippen LogP) is -0.552. The lowest BCUT2D eigenvalue weighted by molar-refractivity contribution is -0.134. The van der Waals surface area contributed by atoms with Gasteiger partial charge >= 0.3 is 5.97 Å². The summed E-state index contributed by atoms with van der Waals surface area (Å²) in [4.78, 5) is 23.6. The molecule has 0 saturated carbocycles. The van der Waals surface area contributed by atoms with E-state index in [0.717, 1.165) is 0 Å². The number of aliphatic carboxylic acids is 1. The van der Waals surface area contributed by atoms with E-state index in [-0.39, 0.29) is 24.1 Å². The summed E-state index contributed by atoms with van der Waals surface area (Å²) in [6, 6.07) is -0.278. The third-order valence-electron chi connectivity index (χ3n) is 2.32. The molecule has 78 valence electrons. The topological polar surface area (TPSA) is 69.6 Å². The van der Waals surface area contributed by atoms with Crippen LogP contribution in [-0.2, 0) is 9.59 Å². The number of carboxylic acids is 1. The summed E-state index contributed by atoms with van der Waals surface area (Å²) in [6.07, 6.45) is 0. The molecule has 1 rings (SSSR count). The highest BCUT2D eigenvalue weighted by molar-refractivity contribution is 5.87. The lowest BCUT2D eigenvalue weighted by Gasteiger charge is -2.32. The first-order chi connectivity index (χ1) is 6.52. The van der Waals surface area contributed by atoms with Gasteiger partial charge in [0.05, 0.1) is 6.04 Å². The van der Waals surface area contributed by atoms with E-state index in [0.29, 0.717) is 13.1 Å². The largest absolute Gasteiger partial charge is 0.478 e. The second-order valence-electron chi connectivity index (χ2n) is 3.35. The van der Waals surface area contributed by atoms with Gasteiger partial charge in [-0.3, -0.25) is 9.69 Å². The Kier molecular flexibility index (Phi) is 3.24. The van der Waals surface area contributed by atoms with E-state index in [4.69, 9.17) is 5.11 Å². The first-order valence-electron chi connectivity index (χ1n) is 4.45. The second kappa shape index (κ2) is 4.23. The number of carbonyl (C=O) groups is 2. The number of hydrogen-bond acceptors (Lipinski definition) is 3. The number of hydrogen-bond donors (Lipinski definition) is 2. The molecule has 0 radical (unpaired) electrons. The number of nitrogens with one attached hydrogen (secondary N) is 1. The van der Waals surface area contributed by atoms with Crippen molar-refractivity contribution in [2.45, 2.75) is 13.0 Å². The van der Waals surface area contributed by atoms with Crippen molar-refractivity contribution in [3.05, 3.63) is 12.2 Å². The maximum Gasteiger partial charge on any atom is 0.332 e. The van der Waals surface area contributed by atoms with Crippen LogP contribution in [0.25, 0.3) is 0 Å². The summed E-state index contributed by atoms with van der Waals surface area (Å²) in [7, 11) is 0. The molecule has 2 N–H and O–H groups in total. The van der Waals surface area contributed by atoms with Gasteiger partial charge in [-0.2, -0.15) is 0 Å². The van der Waals surface area contributed by atoms with Crippen LogP contribution in [0.4, 0.5) is 0 Å². The van der Waals surface area contributed by atoms with Crippen molar-refractivity contribution in [1.82, 2.24) is 10.2 Å². The van der Waals surface area contributed by atoms with E-state index in [1.807, 2.05) is 0 Å². The van der Waals surface area contributed by atoms with Crippen molar-refractivity contribution >= 4 is 11.9 Å². The fraction of sp³-hybridized carbons (Fsp3) is 0.556. The monoisotopic (exact) mass is 198 g/mol. The molecule has 1 fully saturated rings. The van der Waals surface area contributed by atoms with Crippen LogP contribution in [0.2, 0.25) is 0 Å². The fourth-order valence-electron chi connectivity index (χ4n) is 1.36. The molecule has 1 atom stereocenters. The van der Waals surface area contributed by atoms with Gasteiger partial charge in [0.15, 0.2) is 0 Å². The van der Waals surface area contributed by atoms with Gasteiger partial charge in [0.1, 0.15) is 0 Å². The molecule has 0 spiro atoms. The average molecular weight is 198 g/mol. The first kappa shape index (κ1) is 10.7. The molecule has 1 unspecified atom stereocenters. The Morgan fingerprint density at radius 2 is 2.43 bits per heavy atom. The normalized spacial score (nSPS) is 22.9. The highest BCUT2D eigenvalue weighted by Gasteiger charge is 2.26. The Morgan fingerprint density at radius 1 is 1.79 bits per heavy atom. The van der Waals surface area contributed by atoms with E-state index in [1.54, 1.807) is 11.8 Å². The molecule has 14 heavy (non-hydrogen) atoms. The van der Waals surface area contributed by atoms with E-state index in [1.165, 1.54) is 0 Å². The van der Waals surface area contributed by atoms with Crippen LogP contribution in [0.15, 0.2) is 12.2 Å². The molecule has 1 aliphatic heterocycles. The Morgan fingerprint density at radius 3 is 3.00 bits per heavy atom. The summed E-state index contributed by atoms with van der Waals surface area (Å²) in [5.74, 6) is -1.07. The van der Waals surface area contributed by atoms with Crippen LogP contribution >= 0.6 is 0 Å². The van der Waals surface area contributed by atoms with E-state index >= 15 is 0 Å². The minimum atomic E-state index is -1.01. The lowest BCUT2D eigenvalue weighted by Crippen LogP contribution is -2.54. The Labute approximate surface area is 82.4 Å². The van der Waals surface area contributed by atoms with Gasteiger partial charge in [0.25, 0.3) is 0 Å². The number of piperazine rings is 1. The Bertz CT molecular complexity index is 275. The minimum Gasteiger partial charge on any atom is -0.478 e. The average Bonchev–Trinajstić information content (AvgIpc) is 2.12. The fourth-order valence-corrected chi connectivity index (χ4v) is 1.36. The third kappa shape index (κ3) is 2.32. The number of rotatable bonds is 3. The summed E-state index contributed by atoms with van der Waals surface area (Å²) >= 11 is 0. The quantitative estimate of drug-likeness (QED) is 0.597. The molecule has 1 saturated heterocycles. The van der Waals surface area contributed by atoms with Gasteiger partial charge in [-0.1, -0.05) is 6.58 Å². The molecule has 0 aromatic carbocycles. The van der Waals surface area contributed by atoms with E-state index < -0.39 is 5.97 Å². The van der Waals surface area contributed by atoms with Gasteiger partial charge in [0, 0.05) is 25.2 Å². The molecule has 5 heteroatoms. The lowest BCUT2D eigenvalue weighted by atomic mass is 10.1. The standard InChI is InChI=1S/C9H14N2O3/c1-6(9(13)14)5-11-4-3-10-8(12)7(11)2/h7H,1,3-5H2,2H3,(H,10,12)(H,13,14). The highest BCUT2D eigenvalue weighted by atomic mass is 16.4. The van der Waals surface area contributed by atoms with Gasteiger partial charge in [0.2, 0.25) is 5.91 Å². The minimum absolute atomic E-state index is 0.0607. The van der Waals surface area contributed by atoms with Gasteiger partial charge in [-0.05, 0) is 6.92 Å². The summed E-state index contributed by atoms with van der Waals surface area (Å²) < 4.78 is 0. The summed E-state index contributed by atoms with van der Waals surface area (Å²) in [5, 5.41) is 11.3. The predicted molar refractivity (Wildman–Crippen MR) is 50.8 cm³/mol. The maximum atomic E-state index is 11.2. The SMILES string of the molecule is C=C(CN1CCNC(=O)C1C)C(=O)O. The molecule has 1 heterocycles. The zero-order valence-electron chi connectivity index (χ0n) is 8.12. The molecule has 0 aromatic heterocycles. The number of carboxylic acid groups (broad SMARTS) is 1. The van der Waals surface area contributed by atoms with Gasteiger partial charge < -0.3 is 10.4 Å². The van der Waals surface area contributed by atoms with E-state index in [9.17, 15) is 9.59 Å². The van der Waals surface area contributed by atoms with Crippen LogP contribution in [0.5, 0.6) is 0 Å². The molecular formula is C9H14N2O3. The van der Waals surface area contributed by atoms with Crippen molar-refractivity contribution in [3.8, 4) is 0 Å². The molecule has 0 bridgehead atoms. The van der Waals surface area contributed by atoms with Crippen LogP contribution in [0, 0.1) is 0 Å². The molecule has 1 aliphatic rings. The number of amides is 1. The van der Waals surface area contributed by atoms with Gasteiger partial charge in [-0.25, -0.2) is 4.79 Å². The van der Waals surface area contributed by atoms with Crippen molar-refractivity contribution in [3.63, 3.8) is 0 Å². The van der Waals surface area contributed by atoms with Crippen molar-refractivity contribution in [1.29, 1.82) is 0 Å². The Hall–Kier alpha value is -1.36. The van der Waals surface area contributed by atoms with Gasteiger partial charge in [-0.15, -0.1) is 0 Å². The smallest absolute Gasteiger partial charge is 0.332 e. The van der Waals surface area contributed by atoms with E-state index in [2.05, 4.69) is 11.9 Å². The molecule has 0 aliphatic carbocycles. The Balaban J connectivity index is 2.55. The zero-order chi connectivity index (χ0) is 10.7. The number of nitrogens with zero attached hydrogens (tertiary/aromatic N) is 1. The maximum absolute atomic E-state index is 11.2. The van der Waals surface area contributed by atoms with Crippen LogP contribution in [0.1, 0.15) is 6.92 Å². The second-order valence-corrected chi connectivity index (χ2v) is 3.35. The highest BCUT2D eigenvalue weighted by Crippen LogP contribution is 2.06. The third-order valence-corrected chi connectivity index (χ3v) is 2.32. The van der Waals surface area contributed by atoms with Crippen LogP contribution in [-0.4, -0.2) is 47.6 Å². The molecule has 5 nitrogen and oxygen atoms in total. The summed E-state index contributed by atoms with van der Waals surface area (Å²) in [5.41, 5.74) is 0.117. The van der Waals surface area contributed by atoms with Crippen LogP contribution < -0.4 is 5.32 Å². The first-order valence-corrected chi connectivity index (χ1v) is 4.45. The van der Waals surface area contributed by atoms with Crippen molar-refractivity contribution < 1.29 is 14.7 Å². The van der Waals surface area contributed by atoms with Crippen molar-refractivity contribution in [2.75, 3.05) is 19.6 Å². The van der Waals surface area contributed by atoms with Crippen LogP contribution in [0.3, 0.4) is 0 Å². The molecular weight excluding hydrogens is 184 g/mol. The zero-order valence-corrected chi connectivity index (χ0v) is 8.12. The summed E-state index contributed by atoms with van der Waals surface area (Å²) in [6.45, 7) is 6.66. The molecule has 0 aromatic rings. The molecule has 1 amide bonds. The number of carbonyl (C=O) groups excluding carboxylic acids is 1. The van der Waals surface area contributed by atoms with Crippen molar-refractivity contribution in [2.24, 2.45) is 0 Å².